The zero-order valence-corrected chi connectivity index (χ0v) is 14.7. The number of anilines is 2. The molecule has 10 heteroatoms. The van der Waals surface area contributed by atoms with Gasteiger partial charge in [-0.15, -0.1) is 0 Å². The average Bonchev–Trinajstić information content (AvgIpc) is 3.17. The van der Waals surface area contributed by atoms with Gasteiger partial charge >= 0.3 is 0 Å². The van der Waals surface area contributed by atoms with Crippen molar-refractivity contribution in [3.8, 4) is 0 Å². The summed E-state index contributed by atoms with van der Waals surface area (Å²) < 4.78 is 7.04. The number of ether oxygens (including phenoxy) is 1. The molecule has 3 rings (SSSR count). The van der Waals surface area contributed by atoms with Crippen molar-refractivity contribution in [1.82, 2.24) is 19.5 Å². The Balaban J connectivity index is 1.81. The van der Waals surface area contributed by atoms with Gasteiger partial charge in [0.05, 0.1) is 12.9 Å². The minimum Gasteiger partial charge on any atom is -0.394 e. The molecule has 1 fully saturated rings. The predicted octanol–water partition coefficient (Wildman–Crippen LogP) is 0.0122. The molecule has 1 aliphatic rings. The Morgan fingerprint density at radius 1 is 1.23 bits per heavy atom. The molecule has 3 heterocycles. The maximum absolute atomic E-state index is 10.2. The lowest BCUT2D eigenvalue weighted by atomic mass is 10.1. The minimum absolute atomic E-state index is 0.219. The Morgan fingerprint density at radius 3 is 2.73 bits per heavy atom. The Labute approximate surface area is 151 Å². The summed E-state index contributed by atoms with van der Waals surface area (Å²) in [7, 11) is 0. The second-order valence-corrected chi connectivity index (χ2v) is 6.47. The summed E-state index contributed by atoms with van der Waals surface area (Å²) in [6.07, 6.45) is 1.71. The van der Waals surface area contributed by atoms with Crippen LogP contribution < -0.4 is 11.1 Å². The summed E-state index contributed by atoms with van der Waals surface area (Å²) in [5.74, 6) is 0.594. The molecule has 0 aliphatic carbocycles. The summed E-state index contributed by atoms with van der Waals surface area (Å²) in [5.41, 5.74) is 6.76. The van der Waals surface area contributed by atoms with E-state index in [4.69, 9.17) is 10.5 Å². The Morgan fingerprint density at radius 2 is 2.04 bits per heavy atom. The minimum atomic E-state index is -1.22. The standard InChI is InChI=1S/C16H26N6O4/c1-2-3-4-5-6-18-16-20-13(17)10-14(21-16)22(8-19-10)15-12(25)11(24)9(7-23)26-15/h8-9,11-12,15,23-25H,2-7H2,1H3,(H3,17,18,20,21)/t9-,11-,12-,15-/m1/s1. The lowest BCUT2D eigenvalue weighted by Crippen LogP contribution is -2.33. The molecule has 1 aliphatic heterocycles. The zero-order chi connectivity index (χ0) is 18.7. The molecule has 1 saturated heterocycles. The van der Waals surface area contributed by atoms with Gasteiger partial charge in [0, 0.05) is 6.54 Å². The van der Waals surface area contributed by atoms with E-state index in [9.17, 15) is 15.3 Å². The van der Waals surface area contributed by atoms with Crippen LogP contribution in [0.5, 0.6) is 0 Å². The summed E-state index contributed by atoms with van der Waals surface area (Å²) in [6, 6.07) is 0. The third kappa shape index (κ3) is 3.58. The van der Waals surface area contributed by atoms with E-state index < -0.39 is 31.1 Å². The van der Waals surface area contributed by atoms with Crippen LogP contribution in [-0.2, 0) is 4.74 Å². The van der Waals surface area contributed by atoms with E-state index in [0.29, 0.717) is 17.1 Å². The molecule has 10 nitrogen and oxygen atoms in total. The first-order chi connectivity index (χ1) is 12.6. The van der Waals surface area contributed by atoms with Crippen LogP contribution in [-0.4, -0.2) is 66.3 Å². The molecule has 0 unspecified atom stereocenters. The molecule has 0 saturated carbocycles. The van der Waals surface area contributed by atoms with Crippen LogP contribution in [0.3, 0.4) is 0 Å². The van der Waals surface area contributed by atoms with E-state index >= 15 is 0 Å². The number of nitrogen functional groups attached to an aromatic ring is 1. The van der Waals surface area contributed by atoms with Crippen molar-refractivity contribution in [3.05, 3.63) is 6.33 Å². The first kappa shape index (κ1) is 18.8. The largest absolute Gasteiger partial charge is 0.394 e. The van der Waals surface area contributed by atoms with Gasteiger partial charge in [-0.1, -0.05) is 26.2 Å². The molecule has 0 spiro atoms. The molecule has 0 amide bonds. The van der Waals surface area contributed by atoms with Gasteiger partial charge < -0.3 is 31.1 Å². The van der Waals surface area contributed by atoms with E-state index in [1.807, 2.05) is 0 Å². The molecular formula is C16H26N6O4. The molecule has 144 valence electrons. The van der Waals surface area contributed by atoms with Crippen molar-refractivity contribution in [1.29, 1.82) is 0 Å². The van der Waals surface area contributed by atoms with Gasteiger partial charge in [0.25, 0.3) is 0 Å². The van der Waals surface area contributed by atoms with E-state index in [1.54, 1.807) is 0 Å². The summed E-state index contributed by atoms with van der Waals surface area (Å²) in [6.45, 7) is 2.49. The lowest BCUT2D eigenvalue weighted by molar-refractivity contribution is -0.0511. The van der Waals surface area contributed by atoms with Gasteiger partial charge in [0.15, 0.2) is 17.7 Å². The van der Waals surface area contributed by atoms with Crippen molar-refractivity contribution in [2.45, 2.75) is 57.1 Å². The van der Waals surface area contributed by atoms with Crippen LogP contribution in [0.15, 0.2) is 6.33 Å². The lowest BCUT2D eigenvalue weighted by Gasteiger charge is -2.16. The van der Waals surface area contributed by atoms with Gasteiger partial charge in [-0.25, -0.2) is 4.98 Å². The van der Waals surface area contributed by atoms with Crippen molar-refractivity contribution >= 4 is 22.9 Å². The number of aliphatic hydroxyl groups is 3. The number of unbranched alkanes of at least 4 members (excludes halogenated alkanes) is 3. The van der Waals surface area contributed by atoms with Crippen LogP contribution in [0, 0.1) is 0 Å². The number of imidazole rings is 1. The number of rotatable bonds is 8. The fourth-order valence-corrected chi connectivity index (χ4v) is 3.07. The molecule has 6 N–H and O–H groups in total. The third-order valence-corrected chi connectivity index (χ3v) is 4.55. The van der Waals surface area contributed by atoms with Crippen molar-refractivity contribution in [3.63, 3.8) is 0 Å². The van der Waals surface area contributed by atoms with Crippen molar-refractivity contribution in [2.24, 2.45) is 0 Å². The highest BCUT2D eigenvalue weighted by Gasteiger charge is 2.44. The van der Waals surface area contributed by atoms with Gasteiger partial charge in [-0.2, -0.15) is 9.97 Å². The fraction of sp³-hybridized carbons (Fsp3) is 0.688. The van der Waals surface area contributed by atoms with Crippen LogP contribution in [0.25, 0.3) is 11.2 Å². The quantitative estimate of drug-likeness (QED) is 0.407. The van der Waals surface area contributed by atoms with Gasteiger partial charge in [-0.3, -0.25) is 4.57 Å². The van der Waals surface area contributed by atoms with Crippen LogP contribution in [0.4, 0.5) is 11.8 Å². The highest BCUT2D eigenvalue weighted by molar-refractivity contribution is 5.82. The van der Waals surface area contributed by atoms with Gasteiger partial charge in [-0.05, 0) is 6.42 Å². The van der Waals surface area contributed by atoms with Gasteiger partial charge in [0.1, 0.15) is 23.8 Å². The van der Waals surface area contributed by atoms with Crippen LogP contribution in [0.1, 0.15) is 38.8 Å². The Kier molecular flexibility index (Phi) is 5.87. The number of nitrogens with zero attached hydrogens (tertiary/aromatic N) is 4. The first-order valence-electron chi connectivity index (χ1n) is 8.93. The second-order valence-electron chi connectivity index (χ2n) is 6.47. The molecule has 26 heavy (non-hydrogen) atoms. The van der Waals surface area contributed by atoms with E-state index in [-0.39, 0.29) is 5.82 Å². The topological polar surface area (TPSA) is 152 Å². The van der Waals surface area contributed by atoms with E-state index in [0.717, 1.165) is 19.4 Å². The monoisotopic (exact) mass is 366 g/mol. The Bertz CT molecular complexity index is 739. The average molecular weight is 366 g/mol. The molecule has 0 radical (unpaired) electrons. The van der Waals surface area contributed by atoms with Crippen molar-refractivity contribution < 1.29 is 20.1 Å². The zero-order valence-electron chi connectivity index (χ0n) is 14.7. The molecule has 0 aromatic carbocycles. The maximum atomic E-state index is 10.2. The third-order valence-electron chi connectivity index (χ3n) is 4.55. The maximum Gasteiger partial charge on any atom is 0.226 e. The molecular weight excluding hydrogens is 340 g/mol. The molecule has 2 aromatic rings. The number of hydrogen-bond donors (Lipinski definition) is 5. The summed E-state index contributed by atoms with van der Waals surface area (Å²) in [4.78, 5) is 12.8. The highest BCUT2D eigenvalue weighted by atomic mass is 16.6. The second kappa shape index (κ2) is 8.12. The molecule has 0 bridgehead atoms. The van der Waals surface area contributed by atoms with Crippen molar-refractivity contribution in [2.75, 3.05) is 24.2 Å². The number of aromatic nitrogens is 4. The molecule has 2 aromatic heterocycles. The number of fused-ring (bicyclic) bond motifs is 1. The number of hydrogen-bond acceptors (Lipinski definition) is 9. The predicted molar refractivity (Wildman–Crippen MR) is 95.4 cm³/mol. The van der Waals surface area contributed by atoms with Crippen LogP contribution in [0.2, 0.25) is 0 Å². The number of nitrogens with two attached hydrogens (primary N) is 1. The van der Waals surface area contributed by atoms with Gasteiger partial charge in [0.2, 0.25) is 5.95 Å². The fourth-order valence-electron chi connectivity index (χ4n) is 3.07. The molecule has 4 atom stereocenters. The summed E-state index contributed by atoms with van der Waals surface area (Å²) in [5, 5.41) is 32.6. The summed E-state index contributed by atoms with van der Waals surface area (Å²) >= 11 is 0. The smallest absolute Gasteiger partial charge is 0.226 e. The SMILES string of the molecule is CCCCCCNc1nc(N)c2ncn([C@@H]3O[C@H](CO)[C@@H](O)[C@H]3O)c2n1. The number of aliphatic hydroxyl groups excluding tert-OH is 3. The Hall–Kier alpha value is -2.01. The van der Waals surface area contributed by atoms with E-state index in [2.05, 4.69) is 27.2 Å². The first-order valence-corrected chi connectivity index (χ1v) is 8.93. The van der Waals surface area contributed by atoms with E-state index in [1.165, 1.54) is 23.7 Å². The normalized spacial score (nSPS) is 25.8. The highest BCUT2D eigenvalue weighted by Crippen LogP contribution is 2.32. The number of nitrogens with one attached hydrogen (secondary N) is 1. The van der Waals surface area contributed by atoms with Crippen LogP contribution >= 0.6 is 0 Å².